The molecule has 4 nitrogen and oxygen atoms in total. The number of aryl methyl sites for hydroxylation is 2. The van der Waals surface area contributed by atoms with Crippen LogP contribution in [0, 0.1) is 0 Å². The van der Waals surface area contributed by atoms with E-state index in [1.165, 1.54) is 18.4 Å². The average Bonchev–Trinajstić information content (AvgIpc) is 2.75. The number of piperidine rings is 1. The molecule has 2 heterocycles. The predicted molar refractivity (Wildman–Crippen MR) is 72.4 cm³/mol. The number of hydrogen-bond donors (Lipinski definition) is 1. The molecule has 1 aromatic rings. The van der Waals surface area contributed by atoms with Crippen LogP contribution in [-0.4, -0.2) is 45.0 Å². The molecule has 1 saturated heterocycles. The van der Waals surface area contributed by atoms with E-state index in [2.05, 4.69) is 16.2 Å². The Morgan fingerprint density at radius 3 is 3.00 bits per heavy atom. The normalized spacial score (nSPS) is 23.2. The van der Waals surface area contributed by atoms with Crippen molar-refractivity contribution in [2.75, 3.05) is 13.1 Å². The van der Waals surface area contributed by atoms with E-state index in [0.717, 1.165) is 32.4 Å². The van der Waals surface area contributed by atoms with Crippen molar-refractivity contribution in [3.05, 3.63) is 18.0 Å². The number of hydrogen-bond acceptors (Lipinski definition) is 3. The molecule has 1 N–H and O–H groups in total. The first-order valence-corrected chi connectivity index (χ1v) is 7.06. The highest BCUT2D eigenvalue weighted by Crippen LogP contribution is 2.20. The Morgan fingerprint density at radius 1 is 1.50 bits per heavy atom. The summed E-state index contributed by atoms with van der Waals surface area (Å²) in [6.07, 6.45) is 9.73. The fourth-order valence-electron chi connectivity index (χ4n) is 2.93. The fourth-order valence-corrected chi connectivity index (χ4v) is 2.93. The van der Waals surface area contributed by atoms with Crippen LogP contribution in [0.2, 0.25) is 0 Å². The standard InChI is InChI=1S/C14H25N3O/c1-12(18)14-7-3-4-8-17(14)9-5-6-13-10-15-16(2)11-13/h10-12,14,18H,3-9H2,1-2H3. The second-order valence-electron chi connectivity index (χ2n) is 5.47. The quantitative estimate of drug-likeness (QED) is 0.864. The van der Waals surface area contributed by atoms with Gasteiger partial charge in [-0.15, -0.1) is 0 Å². The molecule has 2 rings (SSSR count). The lowest BCUT2D eigenvalue weighted by Gasteiger charge is -2.37. The van der Waals surface area contributed by atoms with Crippen molar-refractivity contribution in [3.8, 4) is 0 Å². The Kier molecular flexibility index (Phi) is 4.78. The Balaban J connectivity index is 1.77. The van der Waals surface area contributed by atoms with Gasteiger partial charge in [-0.2, -0.15) is 5.10 Å². The summed E-state index contributed by atoms with van der Waals surface area (Å²) >= 11 is 0. The largest absolute Gasteiger partial charge is 0.392 e. The Labute approximate surface area is 110 Å². The summed E-state index contributed by atoms with van der Waals surface area (Å²) in [7, 11) is 1.96. The molecule has 4 heteroatoms. The van der Waals surface area contributed by atoms with Crippen molar-refractivity contribution in [1.82, 2.24) is 14.7 Å². The van der Waals surface area contributed by atoms with E-state index < -0.39 is 0 Å². The number of aromatic nitrogens is 2. The van der Waals surface area contributed by atoms with Gasteiger partial charge >= 0.3 is 0 Å². The molecule has 1 fully saturated rings. The van der Waals surface area contributed by atoms with E-state index in [9.17, 15) is 5.11 Å². The van der Waals surface area contributed by atoms with E-state index in [0.29, 0.717) is 6.04 Å². The van der Waals surface area contributed by atoms with Crippen LogP contribution < -0.4 is 0 Å². The van der Waals surface area contributed by atoms with Crippen LogP contribution in [0.15, 0.2) is 12.4 Å². The van der Waals surface area contributed by atoms with Crippen molar-refractivity contribution in [2.45, 2.75) is 51.2 Å². The van der Waals surface area contributed by atoms with Gasteiger partial charge in [-0.1, -0.05) is 6.42 Å². The number of aliphatic hydroxyl groups excluding tert-OH is 1. The minimum Gasteiger partial charge on any atom is -0.392 e. The van der Waals surface area contributed by atoms with Crippen LogP contribution in [0.5, 0.6) is 0 Å². The second kappa shape index (κ2) is 6.34. The SMILES string of the molecule is CC(O)C1CCCCN1CCCc1cnn(C)c1. The molecular weight excluding hydrogens is 226 g/mol. The van der Waals surface area contributed by atoms with Crippen LogP contribution in [-0.2, 0) is 13.5 Å². The zero-order chi connectivity index (χ0) is 13.0. The number of rotatable bonds is 5. The van der Waals surface area contributed by atoms with Crippen LogP contribution in [0.3, 0.4) is 0 Å². The van der Waals surface area contributed by atoms with Gasteiger partial charge in [0.05, 0.1) is 12.3 Å². The molecule has 0 radical (unpaired) electrons. The Bertz CT molecular complexity index is 362. The monoisotopic (exact) mass is 251 g/mol. The van der Waals surface area contributed by atoms with Gasteiger partial charge in [-0.3, -0.25) is 9.58 Å². The van der Waals surface area contributed by atoms with E-state index in [1.54, 1.807) is 0 Å². The minimum absolute atomic E-state index is 0.205. The van der Waals surface area contributed by atoms with E-state index >= 15 is 0 Å². The molecule has 0 spiro atoms. The maximum atomic E-state index is 9.81. The summed E-state index contributed by atoms with van der Waals surface area (Å²) in [5.41, 5.74) is 1.31. The molecule has 0 aliphatic carbocycles. The van der Waals surface area contributed by atoms with Crippen molar-refractivity contribution in [1.29, 1.82) is 0 Å². The van der Waals surface area contributed by atoms with Crippen LogP contribution in [0.1, 0.15) is 38.2 Å². The zero-order valence-electron chi connectivity index (χ0n) is 11.5. The lowest BCUT2D eigenvalue weighted by Crippen LogP contribution is -2.46. The molecule has 1 aromatic heterocycles. The van der Waals surface area contributed by atoms with Crippen molar-refractivity contribution in [2.24, 2.45) is 7.05 Å². The van der Waals surface area contributed by atoms with Gasteiger partial charge in [-0.25, -0.2) is 0 Å². The van der Waals surface area contributed by atoms with E-state index in [1.807, 2.05) is 24.9 Å². The maximum absolute atomic E-state index is 9.81. The van der Waals surface area contributed by atoms with Gasteiger partial charge < -0.3 is 5.11 Å². The summed E-state index contributed by atoms with van der Waals surface area (Å²) in [4.78, 5) is 2.46. The highest BCUT2D eigenvalue weighted by Gasteiger charge is 2.25. The van der Waals surface area contributed by atoms with Crippen molar-refractivity contribution in [3.63, 3.8) is 0 Å². The minimum atomic E-state index is -0.205. The van der Waals surface area contributed by atoms with Gasteiger partial charge in [0.15, 0.2) is 0 Å². The third-order valence-corrected chi connectivity index (χ3v) is 3.89. The summed E-state index contributed by atoms with van der Waals surface area (Å²) in [5, 5.41) is 14.0. The fraction of sp³-hybridized carbons (Fsp3) is 0.786. The average molecular weight is 251 g/mol. The smallest absolute Gasteiger partial charge is 0.0667 e. The molecule has 102 valence electrons. The highest BCUT2D eigenvalue weighted by atomic mass is 16.3. The van der Waals surface area contributed by atoms with Gasteiger partial charge in [0.1, 0.15) is 0 Å². The van der Waals surface area contributed by atoms with Crippen LogP contribution in [0.25, 0.3) is 0 Å². The van der Waals surface area contributed by atoms with E-state index in [-0.39, 0.29) is 6.10 Å². The Hall–Kier alpha value is -0.870. The Morgan fingerprint density at radius 2 is 2.33 bits per heavy atom. The van der Waals surface area contributed by atoms with Gasteiger partial charge in [0.25, 0.3) is 0 Å². The lowest BCUT2D eigenvalue weighted by molar-refractivity contribution is 0.0359. The third kappa shape index (κ3) is 3.56. The summed E-state index contributed by atoms with van der Waals surface area (Å²) in [6, 6.07) is 0.368. The van der Waals surface area contributed by atoms with Gasteiger partial charge in [-0.05, 0) is 51.3 Å². The number of aliphatic hydroxyl groups is 1. The molecule has 1 aliphatic heterocycles. The first-order valence-electron chi connectivity index (χ1n) is 7.06. The highest BCUT2D eigenvalue weighted by molar-refractivity contribution is 5.03. The zero-order valence-corrected chi connectivity index (χ0v) is 11.5. The van der Waals surface area contributed by atoms with Crippen molar-refractivity contribution >= 4 is 0 Å². The molecule has 0 aromatic carbocycles. The summed E-state index contributed by atoms with van der Waals surface area (Å²) in [6.45, 7) is 4.15. The first-order chi connectivity index (χ1) is 8.66. The maximum Gasteiger partial charge on any atom is 0.0667 e. The van der Waals surface area contributed by atoms with Gasteiger partial charge in [0, 0.05) is 19.3 Å². The molecule has 0 bridgehead atoms. The summed E-state index contributed by atoms with van der Waals surface area (Å²) < 4.78 is 1.86. The first kappa shape index (κ1) is 13.6. The molecule has 2 atom stereocenters. The van der Waals surface area contributed by atoms with Gasteiger partial charge in [0.2, 0.25) is 0 Å². The van der Waals surface area contributed by atoms with Crippen LogP contribution in [0.4, 0.5) is 0 Å². The number of nitrogens with zero attached hydrogens (tertiary/aromatic N) is 3. The van der Waals surface area contributed by atoms with Crippen molar-refractivity contribution < 1.29 is 5.11 Å². The molecule has 18 heavy (non-hydrogen) atoms. The van der Waals surface area contributed by atoms with E-state index in [4.69, 9.17) is 0 Å². The molecule has 0 amide bonds. The third-order valence-electron chi connectivity index (χ3n) is 3.89. The van der Waals surface area contributed by atoms with Crippen LogP contribution >= 0.6 is 0 Å². The lowest BCUT2D eigenvalue weighted by atomic mass is 9.97. The summed E-state index contributed by atoms with van der Waals surface area (Å²) in [5.74, 6) is 0. The molecule has 1 aliphatic rings. The molecular formula is C14H25N3O. The predicted octanol–water partition coefficient (Wildman–Crippen LogP) is 1.59. The topological polar surface area (TPSA) is 41.3 Å². The number of likely N-dealkylation sites (tertiary alicyclic amines) is 1. The molecule has 2 unspecified atom stereocenters. The second-order valence-corrected chi connectivity index (χ2v) is 5.47. The molecule has 0 saturated carbocycles.